The molecule has 0 saturated heterocycles. The summed E-state index contributed by atoms with van der Waals surface area (Å²) in [7, 11) is 0. The van der Waals surface area contributed by atoms with Crippen molar-refractivity contribution in [3.63, 3.8) is 0 Å². The second kappa shape index (κ2) is 1.09. The van der Waals surface area contributed by atoms with Crippen LogP contribution < -0.4 is 0 Å². The zero-order chi connectivity index (χ0) is 5.49. The van der Waals surface area contributed by atoms with E-state index in [1.807, 2.05) is 6.21 Å². The molecule has 0 aromatic heterocycles. The van der Waals surface area contributed by atoms with E-state index in [1.54, 1.807) is 0 Å². The molecule has 0 aliphatic carbocycles. The molecule has 1 aliphatic heterocycles. The van der Waals surface area contributed by atoms with Gasteiger partial charge in [0.05, 0.1) is 5.54 Å². The molecular weight excluding hydrogens is 86.1 g/mol. The largest absolute Gasteiger partial charge is 0.283 e. The Morgan fingerprint density at radius 3 is 2.00 bits per heavy atom. The van der Waals surface area contributed by atoms with Crippen LogP contribution in [0.2, 0.25) is 0 Å². The van der Waals surface area contributed by atoms with Crippen LogP contribution in [0.1, 0.15) is 20.8 Å². The zero-order valence-corrected chi connectivity index (χ0v) is 5.10. The minimum absolute atomic E-state index is 0.250. The molecule has 1 rings (SSSR count). The van der Waals surface area contributed by atoms with Crippen molar-refractivity contribution in [2.24, 2.45) is 10.9 Å². The van der Waals surface area contributed by atoms with Gasteiger partial charge in [0.1, 0.15) is 0 Å². The van der Waals surface area contributed by atoms with Gasteiger partial charge in [-0.25, -0.2) is 0 Å². The highest BCUT2D eigenvalue weighted by molar-refractivity contribution is 5.83. The summed E-state index contributed by atoms with van der Waals surface area (Å²) in [5.74, 6) is 0.687. The molecule has 0 radical (unpaired) electrons. The van der Waals surface area contributed by atoms with Gasteiger partial charge in [-0.3, -0.25) is 4.99 Å². The predicted octanol–water partition coefficient (Wildman–Crippen LogP) is 1.49. The van der Waals surface area contributed by atoms with Gasteiger partial charge in [0, 0.05) is 6.21 Å². The van der Waals surface area contributed by atoms with Gasteiger partial charge in [0.2, 0.25) is 0 Å². The maximum Gasteiger partial charge on any atom is 0.0945 e. The van der Waals surface area contributed by atoms with Gasteiger partial charge in [-0.2, -0.15) is 0 Å². The zero-order valence-electron chi connectivity index (χ0n) is 5.10. The van der Waals surface area contributed by atoms with Crippen molar-refractivity contribution in [1.82, 2.24) is 0 Å². The van der Waals surface area contributed by atoms with E-state index in [0.29, 0.717) is 5.92 Å². The first kappa shape index (κ1) is 4.82. The van der Waals surface area contributed by atoms with Gasteiger partial charge in [-0.05, 0) is 12.8 Å². The van der Waals surface area contributed by atoms with Gasteiger partial charge in [-0.1, -0.05) is 13.8 Å². The summed E-state index contributed by atoms with van der Waals surface area (Å²) >= 11 is 0. The molecule has 0 saturated carbocycles. The molecule has 1 atom stereocenters. The molecule has 1 heteroatoms. The molecule has 0 aromatic carbocycles. The second-order valence-electron chi connectivity index (χ2n) is 2.64. The van der Waals surface area contributed by atoms with Crippen molar-refractivity contribution in [1.29, 1.82) is 0 Å². The summed E-state index contributed by atoms with van der Waals surface area (Å²) in [4.78, 5) is 4.11. The highest BCUT2D eigenvalue weighted by Gasteiger charge is 2.33. The van der Waals surface area contributed by atoms with Crippen molar-refractivity contribution in [3.05, 3.63) is 0 Å². The van der Waals surface area contributed by atoms with Gasteiger partial charge in [0.25, 0.3) is 0 Å². The van der Waals surface area contributed by atoms with Crippen molar-refractivity contribution in [3.8, 4) is 0 Å². The molecule has 0 bridgehead atoms. The third-order valence-corrected chi connectivity index (χ3v) is 1.71. The minimum Gasteiger partial charge on any atom is -0.283 e. The SMILES string of the molecule is CC(C)[C@@]1(C)C=N1. The Balaban J connectivity index is 2.41. The second-order valence-corrected chi connectivity index (χ2v) is 2.64. The molecule has 0 amide bonds. The average molecular weight is 97.2 g/mol. The highest BCUT2D eigenvalue weighted by atomic mass is 15.0. The predicted molar refractivity (Wildman–Crippen MR) is 31.7 cm³/mol. The quantitative estimate of drug-likeness (QED) is 0.470. The fourth-order valence-corrected chi connectivity index (χ4v) is 0.400. The molecule has 0 aromatic rings. The van der Waals surface area contributed by atoms with Crippen molar-refractivity contribution >= 4 is 6.21 Å². The molecule has 7 heavy (non-hydrogen) atoms. The molecule has 1 heterocycles. The molecule has 0 unspecified atom stereocenters. The summed E-state index contributed by atoms with van der Waals surface area (Å²) in [5.41, 5.74) is 0.250. The molecular formula is C6H11N. The van der Waals surface area contributed by atoms with Crippen LogP contribution in [0.3, 0.4) is 0 Å². The minimum atomic E-state index is 0.250. The summed E-state index contributed by atoms with van der Waals surface area (Å²) in [5, 5.41) is 0. The maximum absolute atomic E-state index is 4.11. The Kier molecular flexibility index (Phi) is 0.748. The standard InChI is InChI=1S/C6H11N/c1-5(2)6(3)4-7-6/h4-5H,1-3H3/t6-/m1/s1. The summed E-state index contributed by atoms with van der Waals surface area (Å²) in [6.07, 6.45) is 2.01. The first-order chi connectivity index (χ1) is 3.15. The van der Waals surface area contributed by atoms with Gasteiger partial charge in [-0.15, -0.1) is 0 Å². The number of aliphatic imine (C=N–C) groups is 1. The van der Waals surface area contributed by atoms with Crippen LogP contribution in [0.25, 0.3) is 0 Å². The smallest absolute Gasteiger partial charge is 0.0945 e. The lowest BCUT2D eigenvalue weighted by Gasteiger charge is -2.08. The Bertz CT molecular complexity index is 96.7. The average Bonchev–Trinajstić information content (AvgIpc) is 2.21. The lowest BCUT2D eigenvalue weighted by molar-refractivity contribution is 0.516. The van der Waals surface area contributed by atoms with Gasteiger partial charge >= 0.3 is 0 Å². The molecule has 0 fully saturated rings. The van der Waals surface area contributed by atoms with Gasteiger partial charge < -0.3 is 0 Å². The first-order valence-corrected chi connectivity index (χ1v) is 2.71. The Morgan fingerprint density at radius 1 is 1.57 bits per heavy atom. The first-order valence-electron chi connectivity index (χ1n) is 2.71. The van der Waals surface area contributed by atoms with Gasteiger partial charge in [0.15, 0.2) is 0 Å². The maximum atomic E-state index is 4.11. The van der Waals surface area contributed by atoms with E-state index in [0.717, 1.165) is 0 Å². The van der Waals surface area contributed by atoms with Crippen molar-refractivity contribution in [2.75, 3.05) is 0 Å². The topological polar surface area (TPSA) is 12.4 Å². The van der Waals surface area contributed by atoms with E-state index in [1.165, 1.54) is 0 Å². The molecule has 0 spiro atoms. The van der Waals surface area contributed by atoms with E-state index in [9.17, 15) is 0 Å². The van der Waals surface area contributed by atoms with Crippen LogP contribution in [0.4, 0.5) is 0 Å². The molecule has 1 aliphatic rings. The third-order valence-electron chi connectivity index (χ3n) is 1.71. The number of rotatable bonds is 1. The highest BCUT2D eigenvalue weighted by Crippen LogP contribution is 2.27. The van der Waals surface area contributed by atoms with E-state index in [2.05, 4.69) is 25.8 Å². The number of hydrogen-bond acceptors (Lipinski definition) is 1. The van der Waals surface area contributed by atoms with E-state index in [-0.39, 0.29) is 5.54 Å². The number of hydrogen-bond donors (Lipinski definition) is 0. The Hall–Kier alpha value is -0.330. The molecule has 40 valence electrons. The Morgan fingerprint density at radius 2 is 2.00 bits per heavy atom. The molecule has 0 N–H and O–H groups in total. The van der Waals surface area contributed by atoms with Crippen LogP contribution in [-0.2, 0) is 0 Å². The summed E-state index contributed by atoms with van der Waals surface area (Å²) in [6, 6.07) is 0. The lowest BCUT2D eigenvalue weighted by atomic mass is 9.97. The fraction of sp³-hybridized carbons (Fsp3) is 0.833. The van der Waals surface area contributed by atoms with Crippen molar-refractivity contribution in [2.45, 2.75) is 26.3 Å². The van der Waals surface area contributed by atoms with Crippen LogP contribution in [0.15, 0.2) is 4.99 Å². The molecule has 1 nitrogen and oxygen atoms in total. The van der Waals surface area contributed by atoms with Crippen LogP contribution in [-0.4, -0.2) is 11.8 Å². The normalized spacial score (nSPS) is 37.1. The van der Waals surface area contributed by atoms with Crippen LogP contribution in [0, 0.1) is 5.92 Å². The number of nitrogens with zero attached hydrogens (tertiary/aromatic N) is 1. The summed E-state index contributed by atoms with van der Waals surface area (Å²) < 4.78 is 0. The van der Waals surface area contributed by atoms with E-state index in [4.69, 9.17) is 0 Å². The van der Waals surface area contributed by atoms with Crippen molar-refractivity contribution < 1.29 is 0 Å². The third kappa shape index (κ3) is 0.671. The summed E-state index contributed by atoms with van der Waals surface area (Å²) in [6.45, 7) is 6.53. The van der Waals surface area contributed by atoms with Crippen LogP contribution in [0.5, 0.6) is 0 Å². The fourth-order valence-electron chi connectivity index (χ4n) is 0.400. The van der Waals surface area contributed by atoms with Crippen LogP contribution >= 0.6 is 0 Å². The Labute approximate surface area is 44.5 Å². The van der Waals surface area contributed by atoms with E-state index < -0.39 is 0 Å². The van der Waals surface area contributed by atoms with E-state index >= 15 is 0 Å². The monoisotopic (exact) mass is 97.1 g/mol. The lowest BCUT2D eigenvalue weighted by Crippen LogP contribution is -2.15.